The number of aliphatic hydroxyl groups is 1. The Morgan fingerprint density at radius 3 is 1.75 bits per heavy atom. The zero-order valence-corrected chi connectivity index (χ0v) is 10.1. The zero-order chi connectivity index (χ0) is 12.1. The third-order valence-electron chi connectivity index (χ3n) is 2.07. The van der Waals surface area contributed by atoms with Crippen molar-refractivity contribution in [1.29, 1.82) is 0 Å². The lowest BCUT2D eigenvalue weighted by Gasteiger charge is -2.20. The van der Waals surface area contributed by atoms with Crippen LogP contribution >= 0.6 is 0 Å². The minimum atomic E-state index is 0.0868. The molecule has 2 rings (SSSR count). The third kappa shape index (κ3) is 8.41. The number of hydrogen-bond donors (Lipinski definition) is 1. The van der Waals surface area contributed by atoms with Crippen molar-refractivity contribution in [2.45, 2.75) is 25.6 Å². The minimum Gasteiger partial charge on any atom is -0.400 e. The molecule has 1 atom stereocenters. The molecule has 0 spiro atoms. The first-order valence-electron chi connectivity index (χ1n) is 5.52. The molecule has 0 aliphatic carbocycles. The molecule has 3 nitrogen and oxygen atoms in total. The van der Waals surface area contributed by atoms with Crippen molar-refractivity contribution in [3.05, 3.63) is 36.4 Å². The topological polar surface area (TPSA) is 38.7 Å². The van der Waals surface area contributed by atoms with Gasteiger partial charge in [-0.25, -0.2) is 0 Å². The fourth-order valence-electron chi connectivity index (χ4n) is 1.28. The molecule has 3 heteroatoms. The molecule has 1 N–H and O–H groups in total. The van der Waals surface area contributed by atoms with Crippen LogP contribution in [0.15, 0.2) is 36.4 Å². The van der Waals surface area contributed by atoms with Gasteiger partial charge in [0.25, 0.3) is 0 Å². The van der Waals surface area contributed by atoms with Gasteiger partial charge in [0.05, 0.1) is 0 Å². The molecular weight excluding hydrogens is 204 g/mol. The Balaban J connectivity index is 0.000000251. The summed E-state index contributed by atoms with van der Waals surface area (Å²) in [5, 5.41) is 7.00. The molecule has 0 radical (unpaired) electrons. The minimum absolute atomic E-state index is 0.0868. The largest absolute Gasteiger partial charge is 0.400 e. The average Bonchev–Trinajstić information content (AvgIpc) is 2.44. The second-order valence-corrected chi connectivity index (χ2v) is 3.19. The van der Waals surface area contributed by atoms with Crippen molar-refractivity contribution in [1.82, 2.24) is 0 Å². The molecule has 0 bridgehead atoms. The number of rotatable bonds is 1. The maximum absolute atomic E-state index is 7.00. The van der Waals surface area contributed by atoms with Crippen molar-refractivity contribution in [3.8, 4) is 0 Å². The van der Waals surface area contributed by atoms with E-state index in [4.69, 9.17) is 14.6 Å². The van der Waals surface area contributed by atoms with Crippen molar-refractivity contribution < 1.29 is 14.6 Å². The van der Waals surface area contributed by atoms with Gasteiger partial charge in [0, 0.05) is 20.8 Å². The molecule has 1 unspecified atom stereocenters. The predicted octanol–water partition coefficient (Wildman–Crippen LogP) is 2.45. The third-order valence-corrected chi connectivity index (χ3v) is 2.07. The Morgan fingerprint density at radius 2 is 1.50 bits per heavy atom. The first-order valence-corrected chi connectivity index (χ1v) is 5.52. The van der Waals surface area contributed by atoms with E-state index in [0.29, 0.717) is 0 Å². The molecule has 1 aromatic rings. The van der Waals surface area contributed by atoms with Crippen LogP contribution in [0.3, 0.4) is 0 Å². The molecule has 0 aromatic heterocycles. The van der Waals surface area contributed by atoms with Gasteiger partial charge in [0.1, 0.15) is 0 Å². The molecule has 0 amide bonds. The van der Waals surface area contributed by atoms with Crippen LogP contribution in [0.5, 0.6) is 0 Å². The summed E-state index contributed by atoms with van der Waals surface area (Å²) in [6, 6.07) is 12.0. The number of aliphatic hydroxyl groups excluding tert-OH is 1. The van der Waals surface area contributed by atoms with Crippen LogP contribution in [0.25, 0.3) is 0 Å². The number of methoxy groups -OCH3 is 1. The van der Waals surface area contributed by atoms with E-state index in [1.54, 1.807) is 7.11 Å². The highest BCUT2D eigenvalue weighted by molar-refractivity contribution is 4.99. The quantitative estimate of drug-likeness (QED) is 0.799. The Kier molecular flexibility index (Phi) is 11.5. The van der Waals surface area contributed by atoms with Crippen LogP contribution in [0.1, 0.15) is 19.3 Å². The van der Waals surface area contributed by atoms with E-state index in [9.17, 15) is 0 Å². The van der Waals surface area contributed by atoms with E-state index in [1.165, 1.54) is 12.8 Å². The fourth-order valence-corrected chi connectivity index (χ4v) is 1.28. The molecule has 1 heterocycles. The molecule has 1 aliphatic rings. The van der Waals surface area contributed by atoms with E-state index in [2.05, 4.69) is 0 Å². The van der Waals surface area contributed by atoms with Gasteiger partial charge in [-0.3, -0.25) is 0 Å². The lowest BCUT2D eigenvalue weighted by atomic mass is 10.2. The first-order chi connectivity index (χ1) is 7.93. The van der Waals surface area contributed by atoms with Gasteiger partial charge in [-0.1, -0.05) is 36.4 Å². The summed E-state index contributed by atoms with van der Waals surface area (Å²) in [6.07, 6.45) is 3.60. The zero-order valence-electron chi connectivity index (χ0n) is 10.1. The average molecular weight is 226 g/mol. The molecule has 1 aliphatic heterocycles. The van der Waals surface area contributed by atoms with E-state index < -0.39 is 0 Å². The molecule has 92 valence electrons. The van der Waals surface area contributed by atoms with E-state index in [0.717, 1.165) is 20.1 Å². The van der Waals surface area contributed by atoms with Gasteiger partial charge >= 0.3 is 0 Å². The molecule has 16 heavy (non-hydrogen) atoms. The lowest BCUT2D eigenvalue weighted by Crippen LogP contribution is -2.20. The summed E-state index contributed by atoms with van der Waals surface area (Å²) in [5.74, 6) is 0. The van der Waals surface area contributed by atoms with E-state index in [1.807, 2.05) is 36.4 Å². The van der Waals surface area contributed by atoms with Crippen molar-refractivity contribution in [2.24, 2.45) is 0 Å². The summed E-state index contributed by atoms with van der Waals surface area (Å²) < 4.78 is 10.2. The summed E-state index contributed by atoms with van der Waals surface area (Å²) in [4.78, 5) is 0. The SMILES string of the molecule is CO.COC1CCCCO1.c1ccccc1. The van der Waals surface area contributed by atoms with Crippen LogP contribution < -0.4 is 0 Å². The van der Waals surface area contributed by atoms with Gasteiger partial charge in [-0.15, -0.1) is 0 Å². The predicted molar refractivity (Wildman–Crippen MR) is 65.2 cm³/mol. The van der Waals surface area contributed by atoms with E-state index in [-0.39, 0.29) is 6.29 Å². The molecule has 1 saturated heterocycles. The van der Waals surface area contributed by atoms with Crippen LogP contribution in [-0.2, 0) is 9.47 Å². The second kappa shape index (κ2) is 12.2. The van der Waals surface area contributed by atoms with Crippen LogP contribution in [-0.4, -0.2) is 32.2 Å². The van der Waals surface area contributed by atoms with Crippen molar-refractivity contribution >= 4 is 0 Å². The fraction of sp³-hybridized carbons (Fsp3) is 0.538. The Hall–Kier alpha value is -0.900. The Bertz CT molecular complexity index is 181. The summed E-state index contributed by atoms with van der Waals surface area (Å²) >= 11 is 0. The van der Waals surface area contributed by atoms with Crippen LogP contribution in [0, 0.1) is 0 Å². The molecular formula is C13H22O3. The number of benzene rings is 1. The normalized spacial score (nSPS) is 18.6. The molecule has 1 aromatic carbocycles. The second-order valence-electron chi connectivity index (χ2n) is 3.19. The van der Waals surface area contributed by atoms with Crippen LogP contribution in [0.2, 0.25) is 0 Å². The summed E-state index contributed by atoms with van der Waals surface area (Å²) in [7, 11) is 2.69. The highest BCUT2D eigenvalue weighted by Crippen LogP contribution is 2.11. The molecule has 0 saturated carbocycles. The summed E-state index contributed by atoms with van der Waals surface area (Å²) in [6.45, 7) is 0.874. The maximum atomic E-state index is 7.00. The maximum Gasteiger partial charge on any atom is 0.157 e. The lowest BCUT2D eigenvalue weighted by molar-refractivity contribution is -0.145. The number of hydrogen-bond acceptors (Lipinski definition) is 3. The monoisotopic (exact) mass is 226 g/mol. The summed E-state index contributed by atoms with van der Waals surface area (Å²) in [5.41, 5.74) is 0. The van der Waals surface area contributed by atoms with Gasteiger partial charge in [-0.05, 0) is 19.3 Å². The first kappa shape index (κ1) is 15.1. The highest BCUT2D eigenvalue weighted by atomic mass is 16.7. The van der Waals surface area contributed by atoms with Crippen molar-refractivity contribution in [3.63, 3.8) is 0 Å². The van der Waals surface area contributed by atoms with Crippen molar-refractivity contribution in [2.75, 3.05) is 20.8 Å². The number of ether oxygens (including phenoxy) is 2. The highest BCUT2D eigenvalue weighted by Gasteiger charge is 2.10. The Labute approximate surface area is 98.0 Å². The Morgan fingerprint density at radius 1 is 1.00 bits per heavy atom. The van der Waals surface area contributed by atoms with Gasteiger partial charge < -0.3 is 14.6 Å². The van der Waals surface area contributed by atoms with Gasteiger partial charge in [0.2, 0.25) is 0 Å². The van der Waals surface area contributed by atoms with Gasteiger partial charge in [-0.2, -0.15) is 0 Å². The standard InChI is InChI=1S/C6H12O2.C6H6.CH4O/c1-7-6-4-2-3-5-8-6;1-2-4-6-5-3-1;1-2/h6H,2-5H2,1H3;1-6H;2H,1H3. The van der Waals surface area contributed by atoms with E-state index >= 15 is 0 Å². The van der Waals surface area contributed by atoms with Gasteiger partial charge in [0.15, 0.2) is 6.29 Å². The smallest absolute Gasteiger partial charge is 0.157 e. The van der Waals surface area contributed by atoms with Crippen LogP contribution in [0.4, 0.5) is 0 Å². The molecule has 1 fully saturated rings.